The molecule has 0 aromatic carbocycles. The quantitative estimate of drug-likeness (QED) is 0.867. The van der Waals surface area contributed by atoms with E-state index in [1.807, 2.05) is 20.8 Å². The summed E-state index contributed by atoms with van der Waals surface area (Å²) in [4.78, 5) is 4.21. The van der Waals surface area contributed by atoms with Gasteiger partial charge >= 0.3 is 0 Å². The fourth-order valence-electron chi connectivity index (χ4n) is 2.89. The summed E-state index contributed by atoms with van der Waals surface area (Å²) in [5.74, 6) is -0.0810. The van der Waals surface area contributed by atoms with Crippen molar-refractivity contribution in [1.82, 2.24) is 4.98 Å². The molecule has 0 amide bonds. The van der Waals surface area contributed by atoms with Crippen molar-refractivity contribution in [3.8, 4) is 0 Å². The molecule has 0 saturated heterocycles. The third kappa shape index (κ3) is 2.15. The first kappa shape index (κ1) is 13.4. The van der Waals surface area contributed by atoms with Gasteiger partial charge in [0.05, 0.1) is 11.2 Å². The van der Waals surface area contributed by atoms with E-state index in [1.54, 1.807) is 6.20 Å². The second-order valence-electron chi connectivity index (χ2n) is 6.23. The number of nitrogens with two attached hydrogens (primary N) is 1. The average molecular weight is 252 g/mol. The van der Waals surface area contributed by atoms with E-state index >= 15 is 0 Å². The van der Waals surface area contributed by atoms with Gasteiger partial charge in [0.15, 0.2) is 0 Å². The molecule has 0 unspecified atom stereocenters. The van der Waals surface area contributed by atoms with Crippen molar-refractivity contribution in [2.24, 2.45) is 11.1 Å². The van der Waals surface area contributed by atoms with Crippen LogP contribution in [0.4, 0.5) is 4.39 Å². The summed E-state index contributed by atoms with van der Waals surface area (Å²) >= 11 is 0. The largest absolute Gasteiger partial charge is 0.396 e. The minimum Gasteiger partial charge on any atom is -0.396 e. The van der Waals surface area contributed by atoms with Crippen molar-refractivity contribution in [2.45, 2.75) is 45.1 Å². The molecule has 3 N–H and O–H groups in total. The average Bonchev–Trinajstić information content (AvgIpc) is 2.26. The fraction of sp³-hybridized carbons (Fsp3) is 0.643. The molecule has 0 spiro atoms. The Morgan fingerprint density at radius 2 is 2.11 bits per heavy atom. The molecule has 0 bridgehead atoms. The predicted octanol–water partition coefficient (Wildman–Crippen LogP) is 2.29. The summed E-state index contributed by atoms with van der Waals surface area (Å²) in [7, 11) is 0. The first-order chi connectivity index (χ1) is 8.30. The zero-order valence-corrected chi connectivity index (χ0v) is 11.2. The van der Waals surface area contributed by atoms with Crippen LogP contribution in [0.5, 0.6) is 0 Å². The maximum Gasteiger partial charge on any atom is 0.146 e. The molecule has 0 radical (unpaired) electrons. The number of pyridine rings is 1. The molecule has 1 aliphatic carbocycles. The van der Waals surface area contributed by atoms with E-state index in [9.17, 15) is 9.50 Å². The van der Waals surface area contributed by atoms with E-state index in [0.717, 1.165) is 5.56 Å². The zero-order valence-electron chi connectivity index (χ0n) is 11.2. The standard InChI is InChI=1S/C14H21FN2O/c1-9(2)10-4-11(15)12(17-5-10)14(16)6-13(3,7-14)8-18/h4-5,9,18H,6-8,16H2,1-3H3. The van der Waals surface area contributed by atoms with Crippen LogP contribution in [0.2, 0.25) is 0 Å². The summed E-state index contributed by atoms with van der Waals surface area (Å²) in [6.45, 7) is 6.04. The fourth-order valence-corrected chi connectivity index (χ4v) is 2.89. The van der Waals surface area contributed by atoms with Crippen molar-refractivity contribution in [2.75, 3.05) is 6.61 Å². The van der Waals surface area contributed by atoms with Crippen molar-refractivity contribution < 1.29 is 9.50 Å². The van der Waals surface area contributed by atoms with Gasteiger partial charge in [0.1, 0.15) is 5.82 Å². The molecule has 1 heterocycles. The molecule has 1 aromatic heterocycles. The summed E-state index contributed by atoms with van der Waals surface area (Å²) in [6.07, 6.45) is 2.84. The van der Waals surface area contributed by atoms with Crippen LogP contribution in [-0.2, 0) is 5.54 Å². The lowest BCUT2D eigenvalue weighted by atomic mass is 9.57. The molecule has 3 nitrogen and oxygen atoms in total. The molecule has 18 heavy (non-hydrogen) atoms. The van der Waals surface area contributed by atoms with Crippen LogP contribution in [0, 0.1) is 11.2 Å². The lowest BCUT2D eigenvalue weighted by molar-refractivity contribution is -0.0143. The molecule has 0 atom stereocenters. The van der Waals surface area contributed by atoms with Crippen molar-refractivity contribution in [1.29, 1.82) is 0 Å². The van der Waals surface area contributed by atoms with Gasteiger partial charge < -0.3 is 10.8 Å². The predicted molar refractivity (Wildman–Crippen MR) is 68.6 cm³/mol. The first-order valence-corrected chi connectivity index (χ1v) is 6.35. The number of rotatable bonds is 3. The number of aliphatic hydroxyl groups is 1. The van der Waals surface area contributed by atoms with Gasteiger partial charge in [-0.25, -0.2) is 4.39 Å². The van der Waals surface area contributed by atoms with Crippen LogP contribution in [0.1, 0.15) is 50.8 Å². The molecule has 2 rings (SSSR count). The van der Waals surface area contributed by atoms with Crippen molar-refractivity contribution in [3.63, 3.8) is 0 Å². The minimum absolute atomic E-state index is 0.0810. The topological polar surface area (TPSA) is 59.1 Å². The van der Waals surface area contributed by atoms with E-state index < -0.39 is 5.54 Å². The SMILES string of the molecule is CC(C)c1cnc(C2(N)CC(C)(CO)C2)c(F)c1. The van der Waals surface area contributed by atoms with Gasteiger partial charge in [0.2, 0.25) is 0 Å². The lowest BCUT2D eigenvalue weighted by Crippen LogP contribution is -2.56. The Morgan fingerprint density at radius 1 is 1.50 bits per heavy atom. The highest BCUT2D eigenvalue weighted by atomic mass is 19.1. The first-order valence-electron chi connectivity index (χ1n) is 6.35. The van der Waals surface area contributed by atoms with Gasteiger partial charge in [-0.1, -0.05) is 20.8 Å². The van der Waals surface area contributed by atoms with Crippen LogP contribution >= 0.6 is 0 Å². The Balaban J connectivity index is 2.26. The summed E-state index contributed by atoms with van der Waals surface area (Å²) in [5.41, 5.74) is 6.48. The normalized spacial score (nSPS) is 31.5. The number of aliphatic hydroxyl groups excluding tert-OH is 1. The Bertz CT molecular complexity index is 453. The minimum atomic E-state index is -0.725. The van der Waals surface area contributed by atoms with Gasteiger partial charge in [-0.2, -0.15) is 0 Å². The lowest BCUT2D eigenvalue weighted by Gasteiger charge is -2.51. The van der Waals surface area contributed by atoms with Gasteiger partial charge in [-0.05, 0) is 35.8 Å². The maximum atomic E-state index is 14.1. The summed E-state index contributed by atoms with van der Waals surface area (Å²) in [6, 6.07) is 1.52. The Kier molecular flexibility index (Phi) is 3.19. The maximum absolute atomic E-state index is 14.1. The number of halogens is 1. The summed E-state index contributed by atoms with van der Waals surface area (Å²) in [5, 5.41) is 9.24. The monoisotopic (exact) mass is 252 g/mol. The Morgan fingerprint density at radius 3 is 2.56 bits per heavy atom. The van der Waals surface area contributed by atoms with Crippen molar-refractivity contribution >= 4 is 0 Å². The number of nitrogens with zero attached hydrogens (tertiary/aromatic N) is 1. The second-order valence-corrected chi connectivity index (χ2v) is 6.23. The van der Waals surface area contributed by atoms with E-state index in [4.69, 9.17) is 5.73 Å². The highest BCUT2D eigenvalue weighted by Crippen LogP contribution is 2.51. The van der Waals surface area contributed by atoms with Crippen LogP contribution in [-0.4, -0.2) is 16.7 Å². The number of hydrogen-bond acceptors (Lipinski definition) is 3. The van der Waals surface area contributed by atoms with Crippen LogP contribution in [0.15, 0.2) is 12.3 Å². The Labute approximate surface area is 107 Å². The molecule has 1 aromatic rings. The van der Waals surface area contributed by atoms with E-state index in [1.165, 1.54) is 6.07 Å². The van der Waals surface area contributed by atoms with Gasteiger partial charge in [-0.15, -0.1) is 0 Å². The van der Waals surface area contributed by atoms with E-state index in [0.29, 0.717) is 18.5 Å². The molecule has 1 aliphatic rings. The van der Waals surface area contributed by atoms with Crippen LogP contribution in [0.25, 0.3) is 0 Å². The van der Waals surface area contributed by atoms with Gasteiger partial charge in [-0.3, -0.25) is 4.98 Å². The van der Waals surface area contributed by atoms with E-state index in [-0.39, 0.29) is 23.8 Å². The number of hydrogen-bond donors (Lipinski definition) is 2. The van der Waals surface area contributed by atoms with Gasteiger partial charge in [0, 0.05) is 12.8 Å². The van der Waals surface area contributed by atoms with Gasteiger partial charge in [0.25, 0.3) is 0 Å². The highest BCUT2D eigenvalue weighted by molar-refractivity contribution is 5.27. The highest BCUT2D eigenvalue weighted by Gasteiger charge is 2.52. The smallest absolute Gasteiger partial charge is 0.146 e. The van der Waals surface area contributed by atoms with Crippen molar-refractivity contribution in [3.05, 3.63) is 29.3 Å². The van der Waals surface area contributed by atoms with Crippen LogP contribution < -0.4 is 5.73 Å². The zero-order chi connectivity index (χ0) is 13.6. The number of aromatic nitrogens is 1. The third-order valence-electron chi connectivity index (χ3n) is 3.87. The summed E-state index contributed by atoms with van der Waals surface area (Å²) < 4.78 is 14.1. The third-order valence-corrected chi connectivity index (χ3v) is 3.87. The van der Waals surface area contributed by atoms with E-state index in [2.05, 4.69) is 4.98 Å². The Hall–Kier alpha value is -1.00. The molecule has 0 aliphatic heterocycles. The van der Waals surface area contributed by atoms with Crippen LogP contribution in [0.3, 0.4) is 0 Å². The molecular formula is C14H21FN2O. The molecule has 1 saturated carbocycles. The molecule has 4 heteroatoms. The molecule has 100 valence electrons. The second kappa shape index (κ2) is 4.28. The molecular weight excluding hydrogens is 231 g/mol. The molecule has 1 fully saturated rings.